The Morgan fingerprint density at radius 1 is 1.38 bits per heavy atom. The summed E-state index contributed by atoms with van der Waals surface area (Å²) in [5.41, 5.74) is 0.714. The van der Waals surface area contributed by atoms with Gasteiger partial charge in [-0.05, 0) is 30.7 Å². The number of benzene rings is 1. The number of carbonyl (C=O) groups excluding carboxylic acids is 1. The molecule has 1 atom stereocenters. The Morgan fingerprint density at radius 3 is 2.88 bits per heavy atom. The second-order valence-electron chi connectivity index (χ2n) is 5.53. The van der Waals surface area contributed by atoms with E-state index in [0.717, 1.165) is 16.4 Å². The zero-order chi connectivity index (χ0) is 17.3. The fraction of sp³-hybridized carbons (Fsp3) is 0.250. The lowest BCUT2D eigenvalue weighted by atomic mass is 10.1. The summed E-state index contributed by atoms with van der Waals surface area (Å²) >= 11 is 0. The monoisotopic (exact) mass is 349 g/mol. The van der Waals surface area contributed by atoms with Crippen molar-refractivity contribution in [2.24, 2.45) is 0 Å². The van der Waals surface area contributed by atoms with Gasteiger partial charge >= 0.3 is 5.63 Å². The van der Waals surface area contributed by atoms with Gasteiger partial charge in [-0.25, -0.2) is 13.2 Å². The Bertz CT molecular complexity index is 989. The molecule has 0 saturated carbocycles. The highest BCUT2D eigenvalue weighted by Crippen LogP contribution is 2.22. The van der Waals surface area contributed by atoms with Crippen LogP contribution in [0.4, 0.5) is 0 Å². The van der Waals surface area contributed by atoms with Crippen molar-refractivity contribution < 1.29 is 22.4 Å². The molecule has 1 aliphatic rings. The molecule has 3 rings (SSSR count). The Hall–Kier alpha value is -2.61. The average molecular weight is 349 g/mol. The molecule has 1 aromatic heterocycles. The minimum Gasteiger partial charge on any atom is -0.484 e. The molecule has 24 heavy (non-hydrogen) atoms. The first-order chi connectivity index (χ1) is 11.3. The summed E-state index contributed by atoms with van der Waals surface area (Å²) in [6.07, 6.45) is 1.43. The molecule has 2 aromatic rings. The van der Waals surface area contributed by atoms with Gasteiger partial charge in [-0.15, -0.1) is 0 Å². The second kappa shape index (κ2) is 6.12. The van der Waals surface area contributed by atoms with Crippen molar-refractivity contribution >= 4 is 26.7 Å². The van der Waals surface area contributed by atoms with E-state index in [1.165, 1.54) is 18.2 Å². The van der Waals surface area contributed by atoms with Gasteiger partial charge in [0, 0.05) is 22.9 Å². The van der Waals surface area contributed by atoms with Crippen molar-refractivity contribution in [2.75, 3.05) is 12.4 Å². The average Bonchev–Trinajstić information content (AvgIpc) is 2.83. The number of rotatable bonds is 4. The van der Waals surface area contributed by atoms with E-state index in [9.17, 15) is 18.0 Å². The van der Waals surface area contributed by atoms with Crippen molar-refractivity contribution in [2.45, 2.75) is 13.0 Å². The number of hydrogen-bond acceptors (Lipinski definition) is 6. The molecule has 0 fully saturated rings. The maximum atomic E-state index is 11.8. The zero-order valence-electron chi connectivity index (χ0n) is 12.8. The molecule has 1 unspecified atom stereocenters. The molecule has 0 aliphatic carbocycles. The molecule has 7 nitrogen and oxygen atoms in total. The minimum absolute atomic E-state index is 0.140. The van der Waals surface area contributed by atoms with Crippen LogP contribution < -0.4 is 15.7 Å². The van der Waals surface area contributed by atoms with Crippen LogP contribution in [-0.4, -0.2) is 32.7 Å². The molecule has 1 N–H and O–H groups in total. The maximum Gasteiger partial charge on any atom is 0.336 e. The molecule has 2 heterocycles. The quantitative estimate of drug-likeness (QED) is 0.823. The van der Waals surface area contributed by atoms with Crippen molar-refractivity contribution in [3.63, 3.8) is 0 Å². The smallest absolute Gasteiger partial charge is 0.336 e. The first kappa shape index (κ1) is 16.3. The van der Waals surface area contributed by atoms with Crippen LogP contribution in [-0.2, 0) is 14.6 Å². The van der Waals surface area contributed by atoms with Crippen molar-refractivity contribution in [1.29, 1.82) is 0 Å². The molecule has 0 bridgehead atoms. The molecule has 0 spiro atoms. The third-order valence-electron chi connectivity index (χ3n) is 3.57. The Labute approximate surface area is 137 Å². The lowest BCUT2D eigenvalue weighted by Gasteiger charge is -2.11. The fourth-order valence-electron chi connectivity index (χ4n) is 2.46. The van der Waals surface area contributed by atoms with Crippen LogP contribution in [0.3, 0.4) is 0 Å². The molecule has 8 heteroatoms. The topological polar surface area (TPSA) is 103 Å². The number of aryl methyl sites for hydroxylation is 1. The van der Waals surface area contributed by atoms with E-state index >= 15 is 0 Å². The number of ether oxygens (including phenoxy) is 1. The predicted octanol–water partition coefficient (Wildman–Crippen LogP) is 0.907. The summed E-state index contributed by atoms with van der Waals surface area (Å²) < 4.78 is 33.0. The fourth-order valence-corrected chi connectivity index (χ4v) is 3.69. The molecule has 0 radical (unpaired) electrons. The van der Waals surface area contributed by atoms with Crippen LogP contribution >= 0.6 is 0 Å². The van der Waals surface area contributed by atoms with Gasteiger partial charge in [-0.3, -0.25) is 4.79 Å². The van der Waals surface area contributed by atoms with E-state index < -0.39 is 27.4 Å². The minimum atomic E-state index is -3.22. The van der Waals surface area contributed by atoms with Gasteiger partial charge < -0.3 is 14.5 Å². The van der Waals surface area contributed by atoms with E-state index in [2.05, 4.69) is 5.32 Å². The highest BCUT2D eigenvalue weighted by Gasteiger charge is 2.23. The summed E-state index contributed by atoms with van der Waals surface area (Å²) in [6.45, 7) is 1.53. The molecule has 1 amide bonds. The van der Waals surface area contributed by atoms with E-state index in [4.69, 9.17) is 9.15 Å². The van der Waals surface area contributed by atoms with Gasteiger partial charge in [-0.2, -0.15) is 0 Å². The number of amides is 1. The van der Waals surface area contributed by atoms with Crippen molar-refractivity contribution in [1.82, 2.24) is 5.32 Å². The Balaban J connectivity index is 1.64. The molecular formula is C16H15NO6S. The second-order valence-corrected chi connectivity index (χ2v) is 7.46. The van der Waals surface area contributed by atoms with Crippen LogP contribution in [0.25, 0.3) is 11.0 Å². The summed E-state index contributed by atoms with van der Waals surface area (Å²) in [5, 5.41) is 4.43. The summed E-state index contributed by atoms with van der Waals surface area (Å²) in [6, 6.07) is 5.81. The van der Waals surface area contributed by atoms with Gasteiger partial charge in [0.1, 0.15) is 11.3 Å². The van der Waals surface area contributed by atoms with Gasteiger partial charge in [0.25, 0.3) is 5.91 Å². The standard InChI is InChI=1S/C16H15NO6S/c1-10-6-16(19)23-14-7-12(2-3-13(10)14)22-8-15(18)17-11-4-5-24(20,21)9-11/h2-7,11H,8-9H2,1H3,(H,17,18). The summed E-state index contributed by atoms with van der Waals surface area (Å²) in [4.78, 5) is 23.2. The van der Waals surface area contributed by atoms with Crippen molar-refractivity contribution in [3.05, 3.63) is 51.7 Å². The largest absolute Gasteiger partial charge is 0.484 e. The molecule has 1 aromatic carbocycles. The first-order valence-electron chi connectivity index (χ1n) is 7.20. The molecule has 126 valence electrons. The van der Waals surface area contributed by atoms with Gasteiger partial charge in [-0.1, -0.05) is 0 Å². The van der Waals surface area contributed by atoms with Crippen molar-refractivity contribution in [3.8, 4) is 5.75 Å². The van der Waals surface area contributed by atoms with E-state index in [1.54, 1.807) is 19.1 Å². The number of nitrogens with one attached hydrogen (secondary N) is 1. The molecular weight excluding hydrogens is 334 g/mol. The highest BCUT2D eigenvalue weighted by atomic mass is 32.2. The first-order valence-corrected chi connectivity index (χ1v) is 8.91. The van der Waals surface area contributed by atoms with E-state index in [0.29, 0.717) is 11.3 Å². The van der Waals surface area contributed by atoms with Crippen LogP contribution in [0.15, 0.2) is 45.0 Å². The van der Waals surface area contributed by atoms with E-state index in [1.807, 2.05) is 0 Å². The third-order valence-corrected chi connectivity index (χ3v) is 4.96. The van der Waals surface area contributed by atoms with Crippen LogP contribution in [0.5, 0.6) is 5.75 Å². The number of sulfone groups is 1. The number of carbonyl (C=O) groups is 1. The number of fused-ring (bicyclic) bond motifs is 1. The SMILES string of the molecule is Cc1cc(=O)oc2cc(OCC(=O)NC3C=CS(=O)(=O)C3)ccc12. The van der Waals surface area contributed by atoms with Gasteiger partial charge in [0.2, 0.25) is 0 Å². The lowest BCUT2D eigenvalue weighted by Crippen LogP contribution is -2.38. The highest BCUT2D eigenvalue weighted by molar-refractivity contribution is 7.94. The normalized spacial score (nSPS) is 18.6. The van der Waals surface area contributed by atoms with Crippen LogP contribution in [0, 0.1) is 6.92 Å². The number of hydrogen-bond donors (Lipinski definition) is 1. The summed E-state index contributed by atoms with van der Waals surface area (Å²) in [5.74, 6) is -0.201. The maximum absolute atomic E-state index is 11.8. The molecule has 0 saturated heterocycles. The van der Waals surface area contributed by atoms with E-state index in [-0.39, 0.29) is 12.4 Å². The summed E-state index contributed by atoms with van der Waals surface area (Å²) in [7, 11) is -3.22. The van der Waals surface area contributed by atoms with Crippen LogP contribution in [0.2, 0.25) is 0 Å². The lowest BCUT2D eigenvalue weighted by molar-refractivity contribution is -0.123. The zero-order valence-corrected chi connectivity index (χ0v) is 13.6. The Kier molecular flexibility index (Phi) is 4.15. The van der Waals surface area contributed by atoms with Gasteiger partial charge in [0.15, 0.2) is 16.4 Å². The van der Waals surface area contributed by atoms with Crippen LogP contribution in [0.1, 0.15) is 5.56 Å². The predicted molar refractivity (Wildman–Crippen MR) is 87.6 cm³/mol. The third kappa shape index (κ3) is 3.65. The molecule has 1 aliphatic heterocycles. The Morgan fingerprint density at radius 2 is 2.17 bits per heavy atom. The van der Waals surface area contributed by atoms with Gasteiger partial charge in [0.05, 0.1) is 11.8 Å².